The highest BCUT2D eigenvalue weighted by Gasteiger charge is 2.28. The SMILES string of the molecule is Cc1ccoc1C(=O)N1CCC[C@@H](c2ccn[nH]2)C1. The molecule has 0 radical (unpaired) electrons. The average Bonchev–Trinajstić information content (AvgIpc) is 3.09. The first-order valence-electron chi connectivity index (χ1n) is 6.58. The van der Waals surface area contributed by atoms with Gasteiger partial charge in [0, 0.05) is 36.5 Å². The first-order valence-corrected chi connectivity index (χ1v) is 6.58. The molecule has 2 aromatic rings. The van der Waals surface area contributed by atoms with E-state index in [1.807, 2.05) is 24.0 Å². The van der Waals surface area contributed by atoms with Gasteiger partial charge >= 0.3 is 0 Å². The molecule has 0 unspecified atom stereocenters. The van der Waals surface area contributed by atoms with E-state index < -0.39 is 0 Å². The third-order valence-electron chi connectivity index (χ3n) is 3.73. The van der Waals surface area contributed by atoms with Crippen molar-refractivity contribution in [2.45, 2.75) is 25.7 Å². The number of aromatic amines is 1. The van der Waals surface area contributed by atoms with Gasteiger partial charge in [-0.2, -0.15) is 5.10 Å². The second-order valence-electron chi connectivity index (χ2n) is 5.04. The Morgan fingerprint density at radius 1 is 1.53 bits per heavy atom. The number of nitrogens with zero attached hydrogens (tertiary/aromatic N) is 2. The van der Waals surface area contributed by atoms with Gasteiger partial charge in [0.1, 0.15) is 0 Å². The number of carbonyl (C=O) groups is 1. The van der Waals surface area contributed by atoms with Crippen molar-refractivity contribution in [1.82, 2.24) is 15.1 Å². The molecule has 1 saturated heterocycles. The van der Waals surface area contributed by atoms with E-state index in [9.17, 15) is 4.79 Å². The van der Waals surface area contributed by atoms with Crippen LogP contribution in [-0.2, 0) is 0 Å². The Morgan fingerprint density at radius 3 is 3.11 bits per heavy atom. The summed E-state index contributed by atoms with van der Waals surface area (Å²) in [5, 5.41) is 6.99. The number of piperidine rings is 1. The normalized spacial score (nSPS) is 19.6. The summed E-state index contributed by atoms with van der Waals surface area (Å²) >= 11 is 0. The molecular formula is C14H17N3O2. The van der Waals surface area contributed by atoms with Gasteiger partial charge in [0.2, 0.25) is 0 Å². The Morgan fingerprint density at radius 2 is 2.42 bits per heavy atom. The van der Waals surface area contributed by atoms with Gasteiger partial charge < -0.3 is 9.32 Å². The molecular weight excluding hydrogens is 242 g/mol. The fraction of sp³-hybridized carbons (Fsp3) is 0.429. The van der Waals surface area contributed by atoms with Crippen molar-refractivity contribution >= 4 is 5.91 Å². The van der Waals surface area contributed by atoms with Crippen molar-refractivity contribution in [3.8, 4) is 0 Å². The molecule has 19 heavy (non-hydrogen) atoms. The molecule has 5 heteroatoms. The molecule has 3 rings (SSSR count). The molecule has 1 N–H and O–H groups in total. The monoisotopic (exact) mass is 259 g/mol. The van der Waals surface area contributed by atoms with Crippen LogP contribution in [0.4, 0.5) is 0 Å². The summed E-state index contributed by atoms with van der Waals surface area (Å²) < 4.78 is 5.29. The van der Waals surface area contributed by atoms with E-state index in [-0.39, 0.29) is 5.91 Å². The molecule has 0 aromatic carbocycles. The lowest BCUT2D eigenvalue weighted by atomic mass is 9.94. The van der Waals surface area contributed by atoms with E-state index in [1.165, 1.54) is 0 Å². The van der Waals surface area contributed by atoms with Crippen molar-refractivity contribution in [2.75, 3.05) is 13.1 Å². The van der Waals surface area contributed by atoms with Crippen LogP contribution >= 0.6 is 0 Å². The van der Waals surface area contributed by atoms with Crippen molar-refractivity contribution in [2.24, 2.45) is 0 Å². The molecule has 5 nitrogen and oxygen atoms in total. The van der Waals surface area contributed by atoms with Crippen molar-refractivity contribution in [3.05, 3.63) is 41.6 Å². The van der Waals surface area contributed by atoms with E-state index in [1.54, 1.807) is 12.5 Å². The van der Waals surface area contributed by atoms with Crippen LogP contribution in [0.5, 0.6) is 0 Å². The average molecular weight is 259 g/mol. The van der Waals surface area contributed by atoms with Crippen LogP contribution in [0.1, 0.15) is 40.6 Å². The predicted octanol–water partition coefficient (Wildman–Crippen LogP) is 2.33. The number of amides is 1. The number of aryl methyl sites for hydroxylation is 1. The molecule has 0 saturated carbocycles. The number of H-pyrrole nitrogens is 1. The largest absolute Gasteiger partial charge is 0.459 e. The minimum Gasteiger partial charge on any atom is -0.459 e. The van der Waals surface area contributed by atoms with Gasteiger partial charge in [0.05, 0.1) is 6.26 Å². The highest BCUT2D eigenvalue weighted by molar-refractivity contribution is 5.92. The first-order chi connectivity index (χ1) is 9.25. The molecule has 0 bridgehead atoms. The molecule has 0 spiro atoms. The minimum absolute atomic E-state index is 0.00767. The zero-order valence-electron chi connectivity index (χ0n) is 10.9. The molecule has 3 heterocycles. The van der Waals surface area contributed by atoms with Gasteiger partial charge in [-0.1, -0.05) is 0 Å². The standard InChI is InChI=1S/C14H17N3O2/c1-10-5-8-19-13(10)14(18)17-7-2-3-11(9-17)12-4-6-15-16-12/h4-6,8,11H,2-3,7,9H2,1H3,(H,15,16)/t11-/m1/s1. The summed E-state index contributed by atoms with van der Waals surface area (Å²) in [5.41, 5.74) is 2.00. The number of furan rings is 1. The van der Waals surface area contributed by atoms with E-state index in [4.69, 9.17) is 4.42 Å². The van der Waals surface area contributed by atoms with Crippen molar-refractivity contribution in [1.29, 1.82) is 0 Å². The number of likely N-dealkylation sites (tertiary alicyclic amines) is 1. The highest BCUT2D eigenvalue weighted by atomic mass is 16.3. The number of carbonyl (C=O) groups excluding carboxylic acids is 1. The maximum Gasteiger partial charge on any atom is 0.289 e. The Hall–Kier alpha value is -2.04. The zero-order chi connectivity index (χ0) is 13.2. The lowest BCUT2D eigenvalue weighted by Crippen LogP contribution is -2.39. The molecule has 1 amide bonds. The second-order valence-corrected chi connectivity index (χ2v) is 5.04. The molecule has 1 atom stereocenters. The molecule has 1 fully saturated rings. The summed E-state index contributed by atoms with van der Waals surface area (Å²) in [7, 11) is 0. The third-order valence-corrected chi connectivity index (χ3v) is 3.73. The first kappa shape index (κ1) is 12.0. The fourth-order valence-electron chi connectivity index (χ4n) is 2.64. The predicted molar refractivity (Wildman–Crippen MR) is 69.9 cm³/mol. The number of hydrogen-bond donors (Lipinski definition) is 1. The summed E-state index contributed by atoms with van der Waals surface area (Å²) in [5.74, 6) is 0.799. The third kappa shape index (κ3) is 2.28. The summed E-state index contributed by atoms with van der Waals surface area (Å²) in [6, 6.07) is 3.81. The summed E-state index contributed by atoms with van der Waals surface area (Å²) in [6.45, 7) is 3.41. The molecule has 2 aromatic heterocycles. The highest BCUT2D eigenvalue weighted by Crippen LogP contribution is 2.26. The van der Waals surface area contributed by atoms with E-state index >= 15 is 0 Å². The van der Waals surface area contributed by atoms with Crippen LogP contribution in [0.2, 0.25) is 0 Å². The number of rotatable bonds is 2. The van der Waals surface area contributed by atoms with Gasteiger partial charge in [0.25, 0.3) is 5.91 Å². The van der Waals surface area contributed by atoms with Gasteiger partial charge in [-0.05, 0) is 31.9 Å². The smallest absolute Gasteiger partial charge is 0.289 e. The molecule has 0 aliphatic carbocycles. The quantitative estimate of drug-likeness (QED) is 0.900. The topological polar surface area (TPSA) is 62.1 Å². The summed E-state index contributed by atoms with van der Waals surface area (Å²) in [6.07, 6.45) is 5.42. The lowest BCUT2D eigenvalue weighted by Gasteiger charge is -2.31. The second kappa shape index (κ2) is 4.91. The Kier molecular flexibility index (Phi) is 3.11. The van der Waals surface area contributed by atoms with E-state index in [2.05, 4.69) is 10.2 Å². The molecule has 1 aliphatic heterocycles. The zero-order valence-corrected chi connectivity index (χ0v) is 10.9. The van der Waals surface area contributed by atoms with Crippen LogP contribution in [-0.4, -0.2) is 34.1 Å². The van der Waals surface area contributed by atoms with Crippen LogP contribution in [0, 0.1) is 6.92 Å². The van der Waals surface area contributed by atoms with Gasteiger partial charge in [-0.15, -0.1) is 0 Å². The van der Waals surface area contributed by atoms with Gasteiger partial charge in [-0.3, -0.25) is 9.89 Å². The lowest BCUT2D eigenvalue weighted by molar-refractivity contribution is 0.0672. The minimum atomic E-state index is -0.00767. The molecule has 100 valence electrons. The Labute approximate surface area is 111 Å². The maximum atomic E-state index is 12.4. The van der Waals surface area contributed by atoms with Crippen molar-refractivity contribution < 1.29 is 9.21 Å². The number of hydrogen-bond acceptors (Lipinski definition) is 3. The molecule has 1 aliphatic rings. The Balaban J connectivity index is 1.75. The number of nitrogens with one attached hydrogen (secondary N) is 1. The van der Waals surface area contributed by atoms with Gasteiger partial charge in [0.15, 0.2) is 5.76 Å². The maximum absolute atomic E-state index is 12.4. The van der Waals surface area contributed by atoms with Crippen LogP contribution in [0.15, 0.2) is 29.0 Å². The van der Waals surface area contributed by atoms with Crippen LogP contribution in [0.3, 0.4) is 0 Å². The van der Waals surface area contributed by atoms with Crippen LogP contribution < -0.4 is 0 Å². The van der Waals surface area contributed by atoms with E-state index in [0.717, 1.165) is 37.2 Å². The Bertz CT molecular complexity index is 559. The van der Waals surface area contributed by atoms with Crippen molar-refractivity contribution in [3.63, 3.8) is 0 Å². The van der Waals surface area contributed by atoms with E-state index in [0.29, 0.717) is 11.7 Å². The van der Waals surface area contributed by atoms with Gasteiger partial charge in [-0.25, -0.2) is 0 Å². The fourth-order valence-corrected chi connectivity index (χ4v) is 2.64. The summed E-state index contributed by atoms with van der Waals surface area (Å²) in [4.78, 5) is 14.3. The van der Waals surface area contributed by atoms with Crippen LogP contribution in [0.25, 0.3) is 0 Å². The number of aromatic nitrogens is 2.